The minimum absolute atomic E-state index is 0.261. The third-order valence-electron chi connectivity index (χ3n) is 3.02. The van der Waals surface area contributed by atoms with E-state index in [1.165, 1.54) is 11.2 Å². The highest BCUT2D eigenvalue weighted by Crippen LogP contribution is 2.33. The Kier molecular flexibility index (Phi) is 3.68. The highest BCUT2D eigenvalue weighted by molar-refractivity contribution is 7.99. The molecule has 0 saturated heterocycles. The van der Waals surface area contributed by atoms with Crippen molar-refractivity contribution < 1.29 is 13.2 Å². The van der Waals surface area contributed by atoms with E-state index >= 15 is 0 Å². The number of rotatable bonds is 2. The SMILES string of the molecule is COc1ccc2c(c1)CC(S(C)(=O)=O)CCS2. The van der Waals surface area contributed by atoms with E-state index < -0.39 is 9.84 Å². The maximum Gasteiger partial charge on any atom is 0.150 e. The second-order valence-corrected chi connectivity index (χ2v) is 7.73. The van der Waals surface area contributed by atoms with Crippen molar-refractivity contribution in [3.63, 3.8) is 0 Å². The molecule has 94 valence electrons. The Hall–Kier alpha value is -0.680. The molecule has 1 unspecified atom stereocenters. The molecule has 0 spiro atoms. The Balaban J connectivity index is 2.35. The van der Waals surface area contributed by atoms with Crippen molar-refractivity contribution in [3.05, 3.63) is 23.8 Å². The molecule has 0 aromatic heterocycles. The summed E-state index contributed by atoms with van der Waals surface area (Å²) >= 11 is 1.73. The Morgan fingerprint density at radius 3 is 2.82 bits per heavy atom. The van der Waals surface area contributed by atoms with Crippen molar-refractivity contribution in [2.24, 2.45) is 0 Å². The molecule has 5 heteroatoms. The zero-order valence-electron chi connectivity index (χ0n) is 9.97. The third kappa shape index (κ3) is 2.96. The van der Waals surface area contributed by atoms with Crippen LogP contribution in [0.2, 0.25) is 0 Å². The summed E-state index contributed by atoms with van der Waals surface area (Å²) in [6, 6.07) is 5.89. The molecule has 1 aromatic rings. The topological polar surface area (TPSA) is 43.4 Å². The predicted molar refractivity (Wildman–Crippen MR) is 70.7 cm³/mol. The second kappa shape index (κ2) is 4.90. The van der Waals surface area contributed by atoms with Crippen LogP contribution >= 0.6 is 11.8 Å². The molecule has 0 amide bonds. The molecule has 1 aliphatic rings. The van der Waals surface area contributed by atoms with Gasteiger partial charge in [-0.3, -0.25) is 0 Å². The lowest BCUT2D eigenvalue weighted by molar-refractivity contribution is 0.413. The summed E-state index contributed by atoms with van der Waals surface area (Å²) in [5.74, 6) is 1.65. The van der Waals surface area contributed by atoms with Crippen LogP contribution in [0.3, 0.4) is 0 Å². The van der Waals surface area contributed by atoms with Crippen LogP contribution in [-0.4, -0.2) is 32.8 Å². The molecule has 1 heterocycles. The Morgan fingerprint density at radius 2 is 2.18 bits per heavy atom. The Bertz CT molecular complexity index is 508. The van der Waals surface area contributed by atoms with Gasteiger partial charge in [0.1, 0.15) is 5.75 Å². The number of hydrogen-bond acceptors (Lipinski definition) is 4. The summed E-state index contributed by atoms with van der Waals surface area (Å²) in [6.45, 7) is 0. The van der Waals surface area contributed by atoms with Gasteiger partial charge < -0.3 is 4.74 Å². The first-order valence-corrected chi connectivity index (χ1v) is 8.43. The molecule has 1 aliphatic heterocycles. The number of fused-ring (bicyclic) bond motifs is 1. The summed E-state index contributed by atoms with van der Waals surface area (Å²) in [5.41, 5.74) is 1.09. The average molecular weight is 272 g/mol. The van der Waals surface area contributed by atoms with Crippen LogP contribution in [0.4, 0.5) is 0 Å². The van der Waals surface area contributed by atoms with Gasteiger partial charge in [0.2, 0.25) is 0 Å². The van der Waals surface area contributed by atoms with Crippen LogP contribution in [0.1, 0.15) is 12.0 Å². The molecule has 17 heavy (non-hydrogen) atoms. The predicted octanol–water partition coefficient (Wildman–Crippen LogP) is 2.15. The van der Waals surface area contributed by atoms with Crippen LogP contribution in [0.25, 0.3) is 0 Å². The third-order valence-corrected chi connectivity index (χ3v) is 5.78. The average Bonchev–Trinajstić information content (AvgIpc) is 2.49. The summed E-state index contributed by atoms with van der Waals surface area (Å²) in [7, 11) is -1.34. The number of thioether (sulfide) groups is 1. The van der Waals surface area contributed by atoms with Crippen LogP contribution < -0.4 is 4.74 Å². The lowest BCUT2D eigenvalue weighted by atomic mass is 10.1. The number of hydrogen-bond donors (Lipinski definition) is 0. The molecule has 3 nitrogen and oxygen atoms in total. The molecular weight excluding hydrogens is 256 g/mol. The number of sulfone groups is 1. The Labute approximate surface area is 106 Å². The monoisotopic (exact) mass is 272 g/mol. The molecular formula is C12H16O3S2. The van der Waals surface area contributed by atoms with Crippen molar-refractivity contribution in [3.8, 4) is 5.75 Å². The van der Waals surface area contributed by atoms with E-state index in [-0.39, 0.29) is 5.25 Å². The second-order valence-electron chi connectivity index (χ2n) is 4.27. The van der Waals surface area contributed by atoms with Crippen LogP contribution in [0, 0.1) is 0 Å². The normalized spacial score (nSPS) is 20.5. The van der Waals surface area contributed by atoms with E-state index in [1.54, 1.807) is 18.9 Å². The first kappa shape index (κ1) is 12.8. The zero-order valence-corrected chi connectivity index (χ0v) is 11.6. The highest BCUT2D eigenvalue weighted by atomic mass is 32.2. The maximum absolute atomic E-state index is 11.7. The van der Waals surface area contributed by atoms with Gasteiger partial charge in [0.15, 0.2) is 9.84 Å². The van der Waals surface area contributed by atoms with Gasteiger partial charge in [0.25, 0.3) is 0 Å². The van der Waals surface area contributed by atoms with Crippen LogP contribution in [-0.2, 0) is 16.3 Å². The molecule has 2 rings (SSSR count). The molecule has 0 radical (unpaired) electrons. The van der Waals surface area contributed by atoms with Crippen molar-refractivity contribution in [1.29, 1.82) is 0 Å². The van der Waals surface area contributed by atoms with E-state index in [0.717, 1.165) is 23.5 Å². The number of benzene rings is 1. The van der Waals surface area contributed by atoms with Crippen molar-refractivity contribution in [2.45, 2.75) is 23.0 Å². The van der Waals surface area contributed by atoms with E-state index in [1.807, 2.05) is 18.2 Å². The highest BCUT2D eigenvalue weighted by Gasteiger charge is 2.25. The summed E-state index contributed by atoms with van der Waals surface area (Å²) in [5, 5.41) is -0.261. The summed E-state index contributed by atoms with van der Waals surface area (Å²) in [6.07, 6.45) is 2.65. The zero-order chi connectivity index (χ0) is 12.5. The van der Waals surface area contributed by atoms with Crippen LogP contribution in [0.15, 0.2) is 23.1 Å². The van der Waals surface area contributed by atoms with E-state index in [4.69, 9.17) is 4.74 Å². The molecule has 0 bridgehead atoms. The smallest absolute Gasteiger partial charge is 0.150 e. The minimum Gasteiger partial charge on any atom is -0.497 e. The standard InChI is InChI=1S/C12H16O3S2/c1-15-10-3-4-12-9(7-10)8-11(5-6-16-12)17(2,13)14/h3-4,7,11H,5-6,8H2,1-2H3. The van der Waals surface area contributed by atoms with Gasteiger partial charge in [-0.2, -0.15) is 0 Å². The van der Waals surface area contributed by atoms with Crippen molar-refractivity contribution >= 4 is 21.6 Å². The van der Waals surface area contributed by atoms with E-state index in [0.29, 0.717) is 6.42 Å². The van der Waals surface area contributed by atoms with Gasteiger partial charge in [-0.25, -0.2) is 8.42 Å². The fourth-order valence-electron chi connectivity index (χ4n) is 2.00. The molecule has 1 atom stereocenters. The first-order chi connectivity index (χ1) is 8.00. The van der Waals surface area contributed by atoms with Gasteiger partial charge in [0, 0.05) is 11.2 Å². The van der Waals surface area contributed by atoms with E-state index in [9.17, 15) is 8.42 Å². The van der Waals surface area contributed by atoms with Gasteiger partial charge >= 0.3 is 0 Å². The minimum atomic E-state index is -2.97. The molecule has 1 aromatic carbocycles. The number of methoxy groups -OCH3 is 1. The summed E-state index contributed by atoms with van der Waals surface area (Å²) in [4.78, 5) is 1.18. The van der Waals surface area contributed by atoms with Crippen molar-refractivity contribution in [2.75, 3.05) is 19.1 Å². The van der Waals surface area contributed by atoms with Gasteiger partial charge in [0.05, 0.1) is 12.4 Å². The lowest BCUT2D eigenvalue weighted by Gasteiger charge is -2.12. The molecule has 0 saturated carbocycles. The van der Waals surface area contributed by atoms with Crippen LogP contribution in [0.5, 0.6) is 5.75 Å². The molecule has 0 N–H and O–H groups in total. The quantitative estimate of drug-likeness (QED) is 0.827. The first-order valence-electron chi connectivity index (χ1n) is 5.49. The maximum atomic E-state index is 11.7. The summed E-state index contributed by atoms with van der Waals surface area (Å²) < 4.78 is 28.5. The van der Waals surface area contributed by atoms with E-state index in [2.05, 4.69) is 0 Å². The van der Waals surface area contributed by atoms with Gasteiger partial charge in [-0.05, 0) is 42.4 Å². The fraction of sp³-hybridized carbons (Fsp3) is 0.500. The molecule has 0 aliphatic carbocycles. The fourth-order valence-corrected chi connectivity index (χ4v) is 4.29. The lowest BCUT2D eigenvalue weighted by Crippen LogP contribution is -2.22. The Morgan fingerprint density at radius 1 is 1.41 bits per heavy atom. The van der Waals surface area contributed by atoms with Gasteiger partial charge in [-0.1, -0.05) is 0 Å². The largest absolute Gasteiger partial charge is 0.497 e. The van der Waals surface area contributed by atoms with Gasteiger partial charge in [-0.15, -0.1) is 11.8 Å². The van der Waals surface area contributed by atoms with Crippen molar-refractivity contribution in [1.82, 2.24) is 0 Å². The molecule has 0 fully saturated rings. The number of ether oxygens (including phenoxy) is 1.